The van der Waals surface area contributed by atoms with Gasteiger partial charge in [-0.05, 0) is 31.4 Å². The summed E-state index contributed by atoms with van der Waals surface area (Å²) in [6.07, 6.45) is 2.95. The van der Waals surface area contributed by atoms with Gasteiger partial charge in [0.2, 0.25) is 0 Å². The van der Waals surface area contributed by atoms with E-state index in [4.69, 9.17) is 16.3 Å². The molecule has 0 aliphatic carbocycles. The minimum Gasteiger partial charge on any atom is -0.385 e. The van der Waals surface area contributed by atoms with Crippen LogP contribution in [0.5, 0.6) is 0 Å². The maximum atomic E-state index is 12.5. The van der Waals surface area contributed by atoms with Crippen LogP contribution in [0, 0.1) is 0 Å². The zero-order valence-electron chi connectivity index (χ0n) is 11.6. The Labute approximate surface area is 123 Å². The van der Waals surface area contributed by atoms with Gasteiger partial charge in [-0.3, -0.25) is 9.36 Å². The van der Waals surface area contributed by atoms with Crippen LogP contribution in [0.3, 0.4) is 0 Å². The van der Waals surface area contributed by atoms with E-state index in [0.717, 1.165) is 25.9 Å². The lowest BCUT2D eigenvalue weighted by Crippen LogP contribution is -2.25. The van der Waals surface area contributed by atoms with Crippen molar-refractivity contribution in [2.75, 3.05) is 13.7 Å². The second-order valence-electron chi connectivity index (χ2n) is 4.69. The molecule has 0 unspecified atom stereocenters. The molecule has 0 N–H and O–H groups in total. The molecule has 0 aliphatic rings. The molecule has 2 aromatic rings. The number of alkyl halides is 1. The summed E-state index contributed by atoms with van der Waals surface area (Å²) in [6.45, 7) is 1.41. The topological polar surface area (TPSA) is 44.1 Å². The first-order valence-electron chi connectivity index (χ1n) is 6.81. The maximum absolute atomic E-state index is 12.5. The number of benzene rings is 1. The number of nitrogens with zero attached hydrogens (tertiary/aromatic N) is 2. The highest BCUT2D eigenvalue weighted by Crippen LogP contribution is 2.10. The second kappa shape index (κ2) is 7.41. The number of halogens is 1. The quantitative estimate of drug-likeness (QED) is 0.582. The molecule has 0 aliphatic heterocycles. The number of aromatic nitrogens is 2. The summed E-state index contributed by atoms with van der Waals surface area (Å²) in [5.41, 5.74) is 0.710. The summed E-state index contributed by atoms with van der Waals surface area (Å²) < 4.78 is 6.71. The molecule has 0 fully saturated rings. The number of para-hydroxylation sites is 1. The van der Waals surface area contributed by atoms with Crippen LogP contribution in [0.1, 0.15) is 25.1 Å². The minimum atomic E-state index is -0.00186. The summed E-state index contributed by atoms with van der Waals surface area (Å²) in [4.78, 5) is 16.9. The van der Waals surface area contributed by atoms with Crippen LogP contribution < -0.4 is 5.56 Å². The average Bonchev–Trinajstić information content (AvgIpc) is 2.48. The standard InChI is InChI=1S/C15H19ClN2O2/c1-20-10-6-2-5-9-18-14(11-16)17-13-8-4-3-7-12(13)15(18)19/h3-4,7-8H,2,5-6,9-11H2,1H3. The molecule has 0 radical (unpaired) electrons. The van der Waals surface area contributed by atoms with Crippen molar-refractivity contribution in [3.8, 4) is 0 Å². The highest BCUT2D eigenvalue weighted by molar-refractivity contribution is 6.16. The minimum absolute atomic E-state index is 0.00186. The van der Waals surface area contributed by atoms with E-state index in [1.54, 1.807) is 11.7 Å². The summed E-state index contributed by atoms with van der Waals surface area (Å²) >= 11 is 5.92. The first-order valence-corrected chi connectivity index (χ1v) is 7.34. The number of methoxy groups -OCH3 is 1. The van der Waals surface area contributed by atoms with Gasteiger partial charge in [-0.25, -0.2) is 4.98 Å². The van der Waals surface area contributed by atoms with E-state index in [-0.39, 0.29) is 11.4 Å². The number of hydrogen-bond acceptors (Lipinski definition) is 3. The van der Waals surface area contributed by atoms with Gasteiger partial charge >= 0.3 is 0 Å². The van der Waals surface area contributed by atoms with Gasteiger partial charge in [-0.1, -0.05) is 12.1 Å². The van der Waals surface area contributed by atoms with Crippen molar-refractivity contribution in [1.82, 2.24) is 9.55 Å². The Morgan fingerprint density at radius 2 is 2.05 bits per heavy atom. The molecule has 0 saturated heterocycles. The lowest BCUT2D eigenvalue weighted by atomic mass is 10.2. The number of rotatable bonds is 7. The molecule has 0 atom stereocenters. The summed E-state index contributed by atoms with van der Waals surface area (Å²) in [5.74, 6) is 0.889. The number of unbranched alkanes of at least 4 members (excludes halogenated alkanes) is 2. The third kappa shape index (κ3) is 3.38. The highest BCUT2D eigenvalue weighted by Gasteiger charge is 2.09. The Morgan fingerprint density at radius 3 is 2.80 bits per heavy atom. The van der Waals surface area contributed by atoms with Crippen molar-refractivity contribution in [3.05, 3.63) is 40.4 Å². The Hall–Kier alpha value is -1.39. The fourth-order valence-electron chi connectivity index (χ4n) is 2.24. The predicted octanol–water partition coefficient (Wildman–Crippen LogP) is 2.95. The average molecular weight is 295 g/mol. The third-order valence-corrected chi connectivity index (χ3v) is 3.53. The number of hydrogen-bond donors (Lipinski definition) is 0. The van der Waals surface area contributed by atoms with Crippen molar-refractivity contribution >= 4 is 22.5 Å². The monoisotopic (exact) mass is 294 g/mol. The molecule has 0 bridgehead atoms. The molecule has 0 saturated carbocycles. The smallest absolute Gasteiger partial charge is 0.261 e. The molecule has 5 heteroatoms. The fraction of sp³-hybridized carbons (Fsp3) is 0.467. The Balaban J connectivity index is 2.22. The first-order chi connectivity index (χ1) is 9.77. The van der Waals surface area contributed by atoms with E-state index in [1.165, 1.54) is 0 Å². The molecule has 0 spiro atoms. The number of fused-ring (bicyclic) bond motifs is 1. The van der Waals surface area contributed by atoms with Gasteiger partial charge in [0.15, 0.2) is 0 Å². The normalized spacial score (nSPS) is 11.1. The molecule has 108 valence electrons. The van der Waals surface area contributed by atoms with Gasteiger partial charge < -0.3 is 4.74 Å². The lowest BCUT2D eigenvalue weighted by Gasteiger charge is -2.11. The molecular formula is C15H19ClN2O2. The van der Waals surface area contributed by atoms with Crippen LogP contribution in [0.2, 0.25) is 0 Å². The second-order valence-corrected chi connectivity index (χ2v) is 4.96. The van der Waals surface area contributed by atoms with E-state index in [0.29, 0.717) is 23.3 Å². The van der Waals surface area contributed by atoms with Gasteiger partial charge in [0, 0.05) is 20.3 Å². The molecular weight excluding hydrogens is 276 g/mol. The van der Waals surface area contributed by atoms with Crippen LogP contribution >= 0.6 is 11.6 Å². The summed E-state index contributed by atoms with van der Waals surface area (Å²) in [7, 11) is 1.70. The zero-order chi connectivity index (χ0) is 14.4. The third-order valence-electron chi connectivity index (χ3n) is 3.29. The van der Waals surface area contributed by atoms with Gasteiger partial charge in [0.1, 0.15) is 5.82 Å². The molecule has 1 aromatic carbocycles. The van der Waals surface area contributed by atoms with E-state index >= 15 is 0 Å². The van der Waals surface area contributed by atoms with E-state index in [2.05, 4.69) is 4.98 Å². The van der Waals surface area contributed by atoms with Gasteiger partial charge in [-0.15, -0.1) is 11.6 Å². The highest BCUT2D eigenvalue weighted by atomic mass is 35.5. The molecule has 1 heterocycles. The molecule has 2 rings (SSSR count). The predicted molar refractivity (Wildman–Crippen MR) is 81.3 cm³/mol. The van der Waals surface area contributed by atoms with Crippen LogP contribution in [0.25, 0.3) is 10.9 Å². The Bertz CT molecular complexity index is 625. The largest absolute Gasteiger partial charge is 0.385 e. The van der Waals surface area contributed by atoms with E-state index in [9.17, 15) is 4.79 Å². The van der Waals surface area contributed by atoms with Crippen molar-refractivity contribution < 1.29 is 4.74 Å². The maximum Gasteiger partial charge on any atom is 0.261 e. The summed E-state index contributed by atoms with van der Waals surface area (Å²) in [6, 6.07) is 7.39. The van der Waals surface area contributed by atoms with Crippen LogP contribution in [0.15, 0.2) is 29.1 Å². The van der Waals surface area contributed by atoms with Gasteiger partial charge in [0.05, 0.1) is 16.8 Å². The molecule has 1 aromatic heterocycles. The zero-order valence-corrected chi connectivity index (χ0v) is 12.4. The van der Waals surface area contributed by atoms with Crippen molar-refractivity contribution in [2.45, 2.75) is 31.7 Å². The van der Waals surface area contributed by atoms with Crippen molar-refractivity contribution in [2.24, 2.45) is 0 Å². The lowest BCUT2D eigenvalue weighted by molar-refractivity contribution is 0.191. The molecule has 0 amide bonds. The molecule has 4 nitrogen and oxygen atoms in total. The molecule has 20 heavy (non-hydrogen) atoms. The van der Waals surface area contributed by atoms with Crippen molar-refractivity contribution in [3.63, 3.8) is 0 Å². The Kier molecular flexibility index (Phi) is 5.56. The van der Waals surface area contributed by atoms with Crippen LogP contribution in [-0.2, 0) is 17.2 Å². The first kappa shape index (κ1) is 15.0. The Morgan fingerprint density at radius 1 is 1.25 bits per heavy atom. The van der Waals surface area contributed by atoms with E-state index < -0.39 is 0 Å². The SMILES string of the molecule is COCCCCCn1c(CCl)nc2ccccc2c1=O. The summed E-state index contributed by atoms with van der Waals surface area (Å²) in [5, 5.41) is 0.651. The van der Waals surface area contributed by atoms with Gasteiger partial charge in [0.25, 0.3) is 5.56 Å². The van der Waals surface area contributed by atoms with E-state index in [1.807, 2.05) is 24.3 Å². The van der Waals surface area contributed by atoms with Gasteiger partial charge in [-0.2, -0.15) is 0 Å². The number of ether oxygens (including phenoxy) is 1. The van der Waals surface area contributed by atoms with Crippen LogP contribution in [0.4, 0.5) is 0 Å². The van der Waals surface area contributed by atoms with Crippen LogP contribution in [-0.4, -0.2) is 23.3 Å². The van der Waals surface area contributed by atoms with Crippen molar-refractivity contribution in [1.29, 1.82) is 0 Å². The fourth-order valence-corrected chi connectivity index (χ4v) is 2.44.